The third kappa shape index (κ3) is 7.38. The summed E-state index contributed by atoms with van der Waals surface area (Å²) in [7, 11) is 0.879. The number of rotatable bonds is 10. The third-order valence-electron chi connectivity index (χ3n) is 15.0. The van der Waals surface area contributed by atoms with E-state index in [4.69, 9.17) is 0 Å². The number of benzene rings is 6. The molecule has 328 valence electrons. The zero-order valence-corrected chi connectivity index (χ0v) is 40.3. The van der Waals surface area contributed by atoms with E-state index in [1.54, 1.807) is 0 Å². The van der Waals surface area contributed by atoms with Crippen molar-refractivity contribution in [2.75, 3.05) is 10.2 Å². The van der Waals surface area contributed by atoms with Crippen molar-refractivity contribution in [2.24, 2.45) is 0 Å². The van der Waals surface area contributed by atoms with Crippen molar-refractivity contribution in [2.45, 2.75) is 97.3 Å². The van der Waals surface area contributed by atoms with Gasteiger partial charge < -0.3 is 10.2 Å². The number of allylic oxidation sites excluding steroid dienone is 10. The topological polar surface area (TPSA) is 15.3 Å². The maximum Gasteiger partial charge on any atom is 0.198 e. The Morgan fingerprint density at radius 3 is 2.36 bits per heavy atom. The van der Waals surface area contributed by atoms with Gasteiger partial charge in [0.2, 0.25) is 0 Å². The maximum atomic E-state index is 4.53. The number of nitrogens with zero attached hydrogens (tertiary/aromatic N) is 1. The lowest BCUT2D eigenvalue weighted by molar-refractivity contribution is 0.480. The highest BCUT2D eigenvalue weighted by atomic mass is 15.2. The molecule has 1 unspecified atom stereocenters. The molecular weight excluding hydrogens is 796 g/mol. The second kappa shape index (κ2) is 16.7. The summed E-state index contributed by atoms with van der Waals surface area (Å²) >= 11 is 0. The van der Waals surface area contributed by atoms with E-state index in [0.29, 0.717) is 0 Å². The Bertz CT molecular complexity index is 3090. The summed E-state index contributed by atoms with van der Waals surface area (Å²) in [5.41, 5.74) is 25.8. The van der Waals surface area contributed by atoms with Gasteiger partial charge in [-0.1, -0.05) is 204 Å². The van der Waals surface area contributed by atoms with Crippen LogP contribution in [0.4, 0.5) is 22.7 Å². The molecule has 0 radical (unpaired) electrons. The van der Waals surface area contributed by atoms with Crippen LogP contribution in [0.2, 0.25) is 0 Å². The zero-order chi connectivity index (χ0) is 46.0. The monoisotopic (exact) mass is 859 g/mol. The molecule has 10 rings (SSSR count). The first-order valence-electron chi connectivity index (χ1n) is 24.1. The Hall–Kier alpha value is -6.58. The number of hydrogen-bond donors (Lipinski definition) is 1. The number of nitrogens with one attached hydrogen (secondary N) is 1. The molecule has 1 N–H and O–H groups in total. The fourth-order valence-electron chi connectivity index (χ4n) is 11.4. The van der Waals surface area contributed by atoms with Crippen molar-refractivity contribution in [1.29, 1.82) is 0 Å². The molecule has 0 aromatic heterocycles. The quantitative estimate of drug-likeness (QED) is 0.109. The Labute approximate surface area is 395 Å². The summed E-state index contributed by atoms with van der Waals surface area (Å²) < 4.78 is 0. The predicted octanol–water partition coefficient (Wildman–Crippen LogP) is 14.3. The van der Waals surface area contributed by atoms with Gasteiger partial charge in [0.1, 0.15) is 0 Å². The van der Waals surface area contributed by atoms with E-state index in [9.17, 15) is 0 Å². The minimum atomic E-state index is -0.483. The molecule has 0 bridgehead atoms. The van der Waals surface area contributed by atoms with E-state index < -0.39 is 5.41 Å². The van der Waals surface area contributed by atoms with Gasteiger partial charge in [-0.05, 0) is 142 Å². The van der Waals surface area contributed by atoms with Crippen LogP contribution in [-0.2, 0) is 29.1 Å². The average molecular weight is 859 g/mol. The number of aryl methyl sites for hydroxylation is 2. The second-order valence-electron chi connectivity index (χ2n) is 20.8. The van der Waals surface area contributed by atoms with Gasteiger partial charge in [-0.2, -0.15) is 0 Å². The number of fused-ring (bicyclic) bond motifs is 5. The smallest absolute Gasteiger partial charge is 0.198 e. The van der Waals surface area contributed by atoms with Crippen molar-refractivity contribution < 1.29 is 0 Å². The predicted molar refractivity (Wildman–Crippen MR) is 285 cm³/mol. The van der Waals surface area contributed by atoms with Crippen LogP contribution >= 0.6 is 0 Å². The van der Waals surface area contributed by atoms with E-state index in [0.717, 1.165) is 44.3 Å². The second-order valence-corrected chi connectivity index (χ2v) is 20.8. The summed E-state index contributed by atoms with van der Waals surface area (Å²) in [5.74, 6) is 0. The van der Waals surface area contributed by atoms with Gasteiger partial charge in [-0.25, -0.2) is 0 Å². The van der Waals surface area contributed by atoms with Gasteiger partial charge in [0.05, 0.1) is 11.1 Å². The van der Waals surface area contributed by atoms with Crippen molar-refractivity contribution in [3.63, 3.8) is 0 Å². The van der Waals surface area contributed by atoms with Crippen LogP contribution in [0.15, 0.2) is 187 Å². The van der Waals surface area contributed by atoms with Crippen LogP contribution < -0.4 is 21.1 Å². The van der Waals surface area contributed by atoms with Gasteiger partial charge in [0.15, 0.2) is 7.28 Å². The molecule has 0 fully saturated rings. The number of hydrogen-bond acceptors (Lipinski definition) is 2. The first-order chi connectivity index (χ1) is 31.8. The van der Waals surface area contributed by atoms with Crippen LogP contribution in [0.5, 0.6) is 0 Å². The summed E-state index contributed by atoms with van der Waals surface area (Å²) in [6.07, 6.45) is 19.8. The summed E-state index contributed by atoms with van der Waals surface area (Å²) in [5, 5.41) is 3.68. The molecule has 2 aliphatic carbocycles. The Morgan fingerprint density at radius 1 is 0.788 bits per heavy atom. The van der Waals surface area contributed by atoms with Crippen molar-refractivity contribution in [3.8, 4) is 0 Å². The molecule has 2 nitrogen and oxygen atoms in total. The van der Waals surface area contributed by atoms with Crippen LogP contribution in [0.25, 0.3) is 5.57 Å². The SMILES string of the molecule is C=C(/C=C\C1=C(Cc2cc(C)cc3c2Bc2cccc4c2N3c2ccccc2C4(C2=CCC=CC=C2)c2ccc(C)cc2)Cc2ccccc21)Nc1ccc(C(C)(C)C)c(C(C)(C)CC)c1. The van der Waals surface area contributed by atoms with Crippen molar-refractivity contribution in [1.82, 2.24) is 0 Å². The molecule has 66 heavy (non-hydrogen) atoms. The summed E-state index contributed by atoms with van der Waals surface area (Å²) in [4.78, 5) is 2.62. The zero-order valence-electron chi connectivity index (χ0n) is 40.3. The molecule has 2 heterocycles. The molecule has 4 aliphatic rings. The lowest BCUT2D eigenvalue weighted by Gasteiger charge is -2.49. The van der Waals surface area contributed by atoms with Gasteiger partial charge in [-0.3, -0.25) is 0 Å². The Morgan fingerprint density at radius 2 is 1.56 bits per heavy atom. The Balaban J connectivity index is 1.05. The first kappa shape index (κ1) is 43.3. The highest BCUT2D eigenvalue weighted by Gasteiger charge is 2.49. The van der Waals surface area contributed by atoms with Gasteiger partial charge in [-0.15, -0.1) is 0 Å². The number of para-hydroxylation sites is 2. The maximum absolute atomic E-state index is 4.53. The van der Waals surface area contributed by atoms with Gasteiger partial charge in [0, 0.05) is 22.8 Å². The molecule has 0 amide bonds. The lowest BCUT2D eigenvalue weighted by atomic mass is 9.54. The molecular formula is C63H63BN2. The third-order valence-corrected chi connectivity index (χ3v) is 15.0. The van der Waals surface area contributed by atoms with Crippen LogP contribution in [0.3, 0.4) is 0 Å². The van der Waals surface area contributed by atoms with Crippen LogP contribution in [-0.4, -0.2) is 7.28 Å². The Kier molecular flexibility index (Phi) is 11.0. The molecule has 3 heteroatoms. The molecule has 1 atom stereocenters. The first-order valence-corrected chi connectivity index (χ1v) is 24.1. The standard InChI is InChI=1S/C63H63BN2/c1-10-62(8,9)55-40-49(33-35-52(55)61(5,6)7)65-43(4)30-34-51-45(38-44-20-15-16-23-50(44)51)39-46-36-42(3)37-58-59(46)64-56-26-19-25-54-60(56)66(58)57-27-18-17-24-53(57)63(54,47-21-13-11-12-14-22-47)48-31-28-41(2)29-32-48/h11-13,15-37,40,64-65H,4,10,14,38-39H2,1-3,5-9H3/b34-30-. The van der Waals surface area contributed by atoms with Crippen molar-refractivity contribution >= 4 is 46.5 Å². The van der Waals surface area contributed by atoms with Crippen molar-refractivity contribution in [3.05, 3.63) is 243 Å². The highest BCUT2D eigenvalue weighted by Crippen LogP contribution is 2.58. The highest BCUT2D eigenvalue weighted by molar-refractivity contribution is 6.72. The minimum absolute atomic E-state index is 0.0622. The van der Waals surface area contributed by atoms with E-state index in [1.807, 2.05) is 0 Å². The van der Waals surface area contributed by atoms with E-state index in [1.165, 1.54) is 100 Å². The molecule has 0 spiro atoms. The molecule has 2 aliphatic heterocycles. The fourth-order valence-corrected chi connectivity index (χ4v) is 11.4. The van der Waals surface area contributed by atoms with E-state index in [2.05, 4.69) is 236 Å². The number of anilines is 4. The normalized spacial score (nSPS) is 17.2. The minimum Gasteiger partial charge on any atom is -0.356 e. The summed E-state index contributed by atoms with van der Waals surface area (Å²) in [6, 6.07) is 46.4. The molecule has 6 aromatic carbocycles. The fraction of sp³-hybridized carbons (Fsp3) is 0.238. The average Bonchev–Trinajstić information content (AvgIpc) is 3.42. The molecule has 6 aromatic rings. The van der Waals surface area contributed by atoms with Gasteiger partial charge >= 0.3 is 0 Å². The van der Waals surface area contributed by atoms with Crippen LogP contribution in [0.1, 0.15) is 110 Å². The van der Waals surface area contributed by atoms with E-state index in [-0.39, 0.29) is 10.8 Å². The van der Waals surface area contributed by atoms with Gasteiger partial charge in [0.25, 0.3) is 0 Å². The largest absolute Gasteiger partial charge is 0.356 e. The summed E-state index contributed by atoms with van der Waals surface area (Å²) in [6.45, 7) is 22.9. The van der Waals surface area contributed by atoms with E-state index >= 15 is 0 Å². The lowest BCUT2D eigenvalue weighted by Crippen LogP contribution is -2.48. The van der Waals surface area contributed by atoms with Crippen LogP contribution in [0, 0.1) is 13.8 Å². The molecule has 0 saturated carbocycles. The molecule has 0 saturated heterocycles.